The van der Waals surface area contributed by atoms with Crippen LogP contribution in [0.1, 0.15) is 39.7 Å². The minimum atomic E-state index is -0.833. The normalized spacial score (nSPS) is 23.9. The molecule has 0 saturated carbocycles. The Hall–Kier alpha value is -1.57. The molecule has 0 radical (unpaired) electrons. The van der Waals surface area contributed by atoms with Crippen LogP contribution in [0.15, 0.2) is 18.2 Å². The molecule has 118 valence electrons. The number of rotatable bonds is 3. The summed E-state index contributed by atoms with van der Waals surface area (Å²) >= 11 is 6.09. The fourth-order valence-electron chi connectivity index (χ4n) is 2.98. The number of nitrogens with zero attached hydrogens (tertiary/aromatic N) is 2. The predicted octanol–water partition coefficient (Wildman–Crippen LogP) is 3.36. The van der Waals surface area contributed by atoms with Crippen molar-refractivity contribution in [3.63, 3.8) is 0 Å². The molecule has 2 rings (SSSR count). The van der Waals surface area contributed by atoms with Gasteiger partial charge in [-0.05, 0) is 44.4 Å². The Bertz CT molecular complexity index is 634. The van der Waals surface area contributed by atoms with E-state index in [0.717, 1.165) is 0 Å². The zero-order valence-corrected chi connectivity index (χ0v) is 14.1. The minimum Gasteiger partial charge on any atom is -0.390 e. The highest BCUT2D eigenvalue weighted by atomic mass is 35.5. The molecule has 22 heavy (non-hydrogen) atoms. The van der Waals surface area contributed by atoms with Crippen molar-refractivity contribution in [1.29, 1.82) is 5.26 Å². The van der Waals surface area contributed by atoms with E-state index < -0.39 is 11.5 Å². The van der Waals surface area contributed by atoms with Crippen molar-refractivity contribution < 1.29 is 9.90 Å². The van der Waals surface area contributed by atoms with Gasteiger partial charge >= 0.3 is 0 Å². The fraction of sp³-hybridized carbons (Fsp3) is 0.529. The second-order valence-electron chi connectivity index (χ2n) is 6.81. The van der Waals surface area contributed by atoms with Crippen molar-refractivity contribution in [2.75, 3.05) is 4.90 Å². The van der Waals surface area contributed by atoms with Crippen LogP contribution in [0.5, 0.6) is 0 Å². The summed E-state index contributed by atoms with van der Waals surface area (Å²) in [5.74, 6) is 0.226. The molecule has 4 nitrogen and oxygen atoms in total. The molecule has 1 heterocycles. The number of carbonyl (C=O) groups excluding carboxylic acids is 1. The minimum absolute atomic E-state index is 0.119. The highest BCUT2D eigenvalue weighted by molar-refractivity contribution is 6.32. The third kappa shape index (κ3) is 2.71. The van der Waals surface area contributed by atoms with E-state index in [2.05, 4.69) is 13.8 Å². The highest BCUT2D eigenvalue weighted by Gasteiger charge is 2.53. The number of aliphatic hydroxyl groups is 1. The Morgan fingerprint density at radius 3 is 2.59 bits per heavy atom. The third-order valence-corrected chi connectivity index (χ3v) is 4.58. The van der Waals surface area contributed by atoms with Gasteiger partial charge in [-0.3, -0.25) is 4.79 Å². The maximum atomic E-state index is 12.8. The zero-order valence-electron chi connectivity index (χ0n) is 13.3. The molecule has 0 spiro atoms. The van der Waals surface area contributed by atoms with Crippen molar-refractivity contribution in [1.82, 2.24) is 0 Å². The average molecular weight is 321 g/mol. The van der Waals surface area contributed by atoms with Crippen LogP contribution in [-0.4, -0.2) is 23.2 Å². The molecule has 1 aromatic rings. The summed E-state index contributed by atoms with van der Waals surface area (Å²) in [7, 11) is 0. The largest absolute Gasteiger partial charge is 0.390 e. The molecular weight excluding hydrogens is 300 g/mol. The van der Waals surface area contributed by atoms with E-state index in [0.29, 0.717) is 28.6 Å². The van der Waals surface area contributed by atoms with Gasteiger partial charge in [0, 0.05) is 5.69 Å². The monoisotopic (exact) mass is 320 g/mol. The number of amides is 1. The number of halogens is 1. The Labute approximate surface area is 136 Å². The molecule has 2 atom stereocenters. The van der Waals surface area contributed by atoms with Gasteiger partial charge in [0.25, 0.3) is 0 Å². The van der Waals surface area contributed by atoms with Crippen molar-refractivity contribution in [2.45, 2.75) is 46.3 Å². The molecule has 0 aromatic heterocycles. The second-order valence-corrected chi connectivity index (χ2v) is 7.22. The fourth-order valence-corrected chi connectivity index (χ4v) is 3.20. The first-order valence-electron chi connectivity index (χ1n) is 7.41. The summed E-state index contributed by atoms with van der Waals surface area (Å²) in [6.45, 7) is 7.65. The molecule has 0 unspecified atom stereocenters. The van der Waals surface area contributed by atoms with Crippen molar-refractivity contribution >= 4 is 23.2 Å². The summed E-state index contributed by atoms with van der Waals surface area (Å²) in [5.41, 5.74) is 0.168. The predicted molar refractivity (Wildman–Crippen MR) is 86.7 cm³/mol. The topological polar surface area (TPSA) is 64.3 Å². The van der Waals surface area contributed by atoms with E-state index in [9.17, 15) is 9.90 Å². The number of benzene rings is 1. The first-order valence-corrected chi connectivity index (χ1v) is 7.79. The van der Waals surface area contributed by atoms with Crippen molar-refractivity contribution in [3.8, 4) is 6.07 Å². The first kappa shape index (κ1) is 16.8. The maximum Gasteiger partial charge on any atom is 0.235 e. The van der Waals surface area contributed by atoms with E-state index in [1.807, 2.05) is 6.07 Å². The van der Waals surface area contributed by atoms with Gasteiger partial charge in [0.1, 0.15) is 6.07 Å². The molecule has 1 N–H and O–H groups in total. The van der Waals surface area contributed by atoms with Gasteiger partial charge in [-0.15, -0.1) is 0 Å². The molecule has 1 aliphatic heterocycles. The third-order valence-electron chi connectivity index (χ3n) is 4.27. The molecule has 5 heteroatoms. The number of anilines is 1. The smallest absolute Gasteiger partial charge is 0.235 e. The maximum absolute atomic E-state index is 12.8. The summed E-state index contributed by atoms with van der Waals surface area (Å²) in [4.78, 5) is 14.4. The lowest BCUT2D eigenvalue weighted by molar-refractivity contribution is -0.126. The second kappa shape index (κ2) is 5.91. The molecule has 0 aliphatic carbocycles. The lowest BCUT2D eigenvalue weighted by atomic mass is 9.84. The molecule has 1 saturated heterocycles. The number of aliphatic hydroxyl groups excluding tert-OH is 1. The molecule has 1 fully saturated rings. The van der Waals surface area contributed by atoms with Gasteiger partial charge in [-0.25, -0.2) is 0 Å². The van der Waals surface area contributed by atoms with E-state index in [4.69, 9.17) is 16.9 Å². The lowest BCUT2D eigenvalue weighted by Gasteiger charge is -2.28. The van der Waals surface area contributed by atoms with Crippen LogP contribution in [0.25, 0.3) is 0 Å². The SMILES string of the molecule is CC(C)C[C@H]1[C@@H](O)C(C)(C)C(=O)N1c1ccc(C#N)c(Cl)c1. The summed E-state index contributed by atoms with van der Waals surface area (Å²) in [6.07, 6.45) is -0.0367. The van der Waals surface area contributed by atoms with Crippen LogP contribution in [-0.2, 0) is 4.79 Å². The van der Waals surface area contributed by atoms with Gasteiger partial charge in [-0.2, -0.15) is 5.26 Å². The van der Waals surface area contributed by atoms with Gasteiger partial charge in [0.05, 0.1) is 28.1 Å². The Morgan fingerprint density at radius 2 is 2.09 bits per heavy atom. The Kier molecular flexibility index (Phi) is 4.51. The first-order chi connectivity index (χ1) is 10.2. The Balaban J connectivity index is 2.48. The van der Waals surface area contributed by atoms with Gasteiger partial charge in [-0.1, -0.05) is 25.4 Å². The lowest BCUT2D eigenvalue weighted by Crippen LogP contribution is -2.38. The van der Waals surface area contributed by atoms with Crippen LogP contribution in [0.3, 0.4) is 0 Å². The van der Waals surface area contributed by atoms with Crippen molar-refractivity contribution in [3.05, 3.63) is 28.8 Å². The van der Waals surface area contributed by atoms with Gasteiger partial charge in [0.2, 0.25) is 5.91 Å². The quantitative estimate of drug-likeness (QED) is 0.928. The standard InChI is InChI=1S/C17H21ClN2O2/c1-10(2)7-14-15(21)17(3,4)16(22)20(14)12-6-5-11(9-19)13(18)8-12/h5-6,8,10,14-15,21H,7H2,1-4H3/t14-,15+/m0/s1. The van der Waals surface area contributed by atoms with Gasteiger partial charge in [0.15, 0.2) is 0 Å². The highest BCUT2D eigenvalue weighted by Crippen LogP contribution is 2.41. The zero-order chi connectivity index (χ0) is 16.7. The number of hydrogen-bond acceptors (Lipinski definition) is 3. The van der Waals surface area contributed by atoms with Crippen LogP contribution in [0, 0.1) is 22.7 Å². The number of carbonyl (C=O) groups is 1. The summed E-state index contributed by atoms with van der Waals surface area (Å²) < 4.78 is 0. The van der Waals surface area contributed by atoms with E-state index >= 15 is 0 Å². The molecular formula is C17H21ClN2O2. The number of nitriles is 1. The van der Waals surface area contributed by atoms with Gasteiger partial charge < -0.3 is 10.0 Å². The van der Waals surface area contributed by atoms with Crippen LogP contribution in [0.2, 0.25) is 5.02 Å². The average Bonchev–Trinajstić information content (AvgIpc) is 2.60. The van der Waals surface area contributed by atoms with Crippen LogP contribution >= 0.6 is 11.6 Å². The molecule has 1 aliphatic rings. The van der Waals surface area contributed by atoms with Crippen LogP contribution < -0.4 is 4.90 Å². The Morgan fingerprint density at radius 1 is 1.45 bits per heavy atom. The molecule has 0 bridgehead atoms. The summed E-state index contributed by atoms with van der Waals surface area (Å²) in [5, 5.41) is 19.9. The summed E-state index contributed by atoms with van der Waals surface area (Å²) in [6, 6.07) is 6.67. The van der Waals surface area contributed by atoms with E-state index in [1.54, 1.807) is 36.9 Å². The van der Waals surface area contributed by atoms with E-state index in [1.165, 1.54) is 0 Å². The molecule has 1 amide bonds. The van der Waals surface area contributed by atoms with E-state index in [-0.39, 0.29) is 11.9 Å². The molecule has 1 aromatic carbocycles. The van der Waals surface area contributed by atoms with Crippen molar-refractivity contribution in [2.24, 2.45) is 11.3 Å². The number of hydrogen-bond donors (Lipinski definition) is 1. The van der Waals surface area contributed by atoms with Crippen LogP contribution in [0.4, 0.5) is 5.69 Å².